The van der Waals surface area contributed by atoms with Crippen LogP contribution in [0.15, 0.2) is 72.4 Å². The Labute approximate surface area is 206 Å². The molecule has 0 saturated carbocycles. The van der Waals surface area contributed by atoms with Gasteiger partial charge in [-0.3, -0.25) is 9.69 Å². The summed E-state index contributed by atoms with van der Waals surface area (Å²) in [6.07, 6.45) is 1.81. The van der Waals surface area contributed by atoms with E-state index in [1.54, 1.807) is 12.0 Å². The molecule has 1 atom stereocenters. The smallest absolute Gasteiger partial charge is 0.277 e. The van der Waals surface area contributed by atoms with Crippen LogP contribution in [0.3, 0.4) is 0 Å². The molecule has 6 heteroatoms. The van der Waals surface area contributed by atoms with Crippen LogP contribution in [0.2, 0.25) is 0 Å². The molecule has 0 radical (unpaired) electrons. The number of aryl methyl sites for hydroxylation is 2. The summed E-state index contributed by atoms with van der Waals surface area (Å²) in [4.78, 5) is 14.8. The largest absolute Gasteiger partial charge is 0.496 e. The van der Waals surface area contributed by atoms with Crippen LogP contribution in [0, 0.1) is 13.8 Å². The predicted molar refractivity (Wildman–Crippen MR) is 139 cm³/mol. The normalized spacial score (nSPS) is 15.4. The van der Waals surface area contributed by atoms with Gasteiger partial charge >= 0.3 is 0 Å². The zero-order valence-corrected chi connectivity index (χ0v) is 20.6. The number of hydrogen-bond donors (Lipinski definition) is 1. The molecule has 1 N–H and O–H groups in total. The Morgan fingerprint density at radius 3 is 2.53 bits per heavy atom. The van der Waals surface area contributed by atoms with Crippen molar-refractivity contribution in [1.29, 1.82) is 0 Å². The molecule has 3 aromatic carbocycles. The van der Waals surface area contributed by atoms with Gasteiger partial charge in [-0.05, 0) is 79.5 Å². The van der Waals surface area contributed by atoms with Crippen LogP contribution >= 0.6 is 12.2 Å². The van der Waals surface area contributed by atoms with E-state index < -0.39 is 0 Å². The average molecular weight is 473 g/mol. The molecule has 174 valence electrons. The predicted octanol–water partition coefficient (Wildman–Crippen LogP) is 5.71. The lowest BCUT2D eigenvalue weighted by atomic mass is 10.1. The first-order valence-corrected chi connectivity index (χ1v) is 11.6. The SMILES string of the molecule is COc1ccc(/C=C2\NC(=S)N(C(C)c3ccccc3)C2=O)cc1COc1cc(C)ccc1C. The zero-order chi connectivity index (χ0) is 24.2. The highest BCUT2D eigenvalue weighted by Crippen LogP contribution is 2.28. The lowest BCUT2D eigenvalue weighted by Gasteiger charge is -2.23. The van der Waals surface area contributed by atoms with Gasteiger partial charge in [-0.15, -0.1) is 0 Å². The van der Waals surface area contributed by atoms with E-state index in [1.165, 1.54) is 0 Å². The average Bonchev–Trinajstić information content (AvgIpc) is 3.12. The van der Waals surface area contributed by atoms with Gasteiger partial charge in [0, 0.05) is 5.56 Å². The molecule has 0 spiro atoms. The van der Waals surface area contributed by atoms with Crippen molar-refractivity contribution in [2.45, 2.75) is 33.4 Å². The third kappa shape index (κ3) is 4.97. The Kier molecular flexibility index (Phi) is 6.98. The van der Waals surface area contributed by atoms with Crippen molar-refractivity contribution in [2.75, 3.05) is 7.11 Å². The van der Waals surface area contributed by atoms with Gasteiger partial charge < -0.3 is 14.8 Å². The number of methoxy groups -OCH3 is 1. The van der Waals surface area contributed by atoms with Crippen molar-refractivity contribution >= 4 is 29.3 Å². The third-order valence-electron chi connectivity index (χ3n) is 5.92. The number of amides is 1. The van der Waals surface area contributed by atoms with Crippen LogP contribution in [0.5, 0.6) is 11.5 Å². The summed E-state index contributed by atoms with van der Waals surface area (Å²) in [6.45, 7) is 6.38. The second-order valence-electron chi connectivity index (χ2n) is 8.38. The van der Waals surface area contributed by atoms with Gasteiger partial charge in [0.2, 0.25) is 0 Å². The van der Waals surface area contributed by atoms with Crippen molar-refractivity contribution in [1.82, 2.24) is 10.2 Å². The Balaban J connectivity index is 1.56. The molecule has 0 bridgehead atoms. The Morgan fingerprint density at radius 1 is 1.03 bits per heavy atom. The first-order chi connectivity index (χ1) is 16.4. The molecule has 3 aromatic rings. The highest BCUT2D eigenvalue weighted by Gasteiger charge is 2.34. The topological polar surface area (TPSA) is 50.8 Å². The van der Waals surface area contributed by atoms with Crippen LogP contribution in [0.1, 0.15) is 40.8 Å². The van der Waals surface area contributed by atoms with E-state index in [0.29, 0.717) is 17.4 Å². The van der Waals surface area contributed by atoms with Crippen LogP contribution in [-0.2, 0) is 11.4 Å². The maximum Gasteiger partial charge on any atom is 0.277 e. The fourth-order valence-corrected chi connectivity index (χ4v) is 4.32. The maximum atomic E-state index is 13.2. The quantitative estimate of drug-likeness (QED) is 0.353. The third-order valence-corrected chi connectivity index (χ3v) is 6.22. The first kappa shape index (κ1) is 23.5. The molecule has 1 aliphatic heterocycles. The number of nitrogens with zero attached hydrogens (tertiary/aromatic N) is 1. The summed E-state index contributed by atoms with van der Waals surface area (Å²) >= 11 is 5.48. The molecule has 0 aliphatic carbocycles. The summed E-state index contributed by atoms with van der Waals surface area (Å²) in [7, 11) is 1.64. The van der Waals surface area contributed by atoms with Crippen LogP contribution in [0.25, 0.3) is 6.08 Å². The van der Waals surface area contributed by atoms with Gasteiger partial charge in [-0.25, -0.2) is 0 Å². The first-order valence-electron chi connectivity index (χ1n) is 11.2. The number of benzene rings is 3. The van der Waals surface area contributed by atoms with E-state index in [1.807, 2.05) is 87.5 Å². The van der Waals surface area contributed by atoms with E-state index in [4.69, 9.17) is 21.7 Å². The number of carbonyl (C=O) groups excluding carboxylic acids is 1. The minimum atomic E-state index is -0.169. The molecule has 5 nitrogen and oxygen atoms in total. The highest BCUT2D eigenvalue weighted by molar-refractivity contribution is 7.80. The number of rotatable bonds is 7. The molecule has 1 unspecified atom stereocenters. The zero-order valence-electron chi connectivity index (χ0n) is 19.8. The number of ether oxygens (including phenoxy) is 2. The second-order valence-corrected chi connectivity index (χ2v) is 8.77. The molecule has 4 rings (SSSR count). The lowest BCUT2D eigenvalue weighted by Crippen LogP contribution is -2.33. The van der Waals surface area contributed by atoms with Gasteiger partial charge in [0.25, 0.3) is 5.91 Å². The van der Waals surface area contributed by atoms with E-state index >= 15 is 0 Å². The number of nitrogens with one attached hydrogen (secondary N) is 1. The van der Waals surface area contributed by atoms with Crippen molar-refractivity contribution in [3.63, 3.8) is 0 Å². The minimum absolute atomic E-state index is 0.148. The maximum absolute atomic E-state index is 13.2. The molecule has 1 saturated heterocycles. The van der Waals surface area contributed by atoms with Gasteiger partial charge in [0.15, 0.2) is 5.11 Å². The Bertz CT molecular complexity index is 1250. The summed E-state index contributed by atoms with van der Waals surface area (Å²) < 4.78 is 11.6. The van der Waals surface area contributed by atoms with Crippen LogP contribution in [0.4, 0.5) is 0 Å². The monoisotopic (exact) mass is 472 g/mol. The minimum Gasteiger partial charge on any atom is -0.496 e. The summed E-state index contributed by atoms with van der Waals surface area (Å²) in [5.41, 5.74) is 5.43. The van der Waals surface area contributed by atoms with Crippen LogP contribution < -0.4 is 14.8 Å². The fraction of sp³-hybridized carbons (Fsp3) is 0.214. The lowest BCUT2D eigenvalue weighted by molar-refractivity contribution is -0.123. The van der Waals surface area contributed by atoms with Gasteiger partial charge in [0.1, 0.15) is 23.8 Å². The van der Waals surface area contributed by atoms with Crippen molar-refractivity contribution < 1.29 is 14.3 Å². The highest BCUT2D eigenvalue weighted by atomic mass is 32.1. The van der Waals surface area contributed by atoms with Gasteiger partial charge in [0.05, 0.1) is 13.2 Å². The summed E-state index contributed by atoms with van der Waals surface area (Å²) in [5, 5.41) is 3.48. The molecular weight excluding hydrogens is 444 g/mol. The van der Waals surface area contributed by atoms with Gasteiger partial charge in [-0.2, -0.15) is 0 Å². The molecule has 34 heavy (non-hydrogen) atoms. The molecular formula is C28H28N2O3S. The van der Waals surface area contributed by atoms with E-state index in [-0.39, 0.29) is 11.9 Å². The van der Waals surface area contributed by atoms with Gasteiger partial charge in [-0.1, -0.05) is 48.5 Å². The Hall–Kier alpha value is -3.64. The summed E-state index contributed by atoms with van der Waals surface area (Å²) in [6, 6.07) is 21.6. The number of hydrogen-bond acceptors (Lipinski definition) is 4. The second kappa shape index (κ2) is 10.1. The molecule has 0 aromatic heterocycles. The van der Waals surface area contributed by atoms with E-state index in [0.717, 1.165) is 39.3 Å². The van der Waals surface area contributed by atoms with Crippen molar-refractivity contribution in [2.24, 2.45) is 0 Å². The molecule has 1 heterocycles. The standard InChI is InChI=1S/C28H28N2O3S/c1-18-10-11-19(2)26(14-18)33-17-23-15-21(12-13-25(23)32-4)16-24-27(31)30(28(34)29-24)20(3)22-8-6-5-7-9-22/h5-16,20H,17H2,1-4H3,(H,29,34)/b24-16-. The Morgan fingerprint density at radius 2 is 1.79 bits per heavy atom. The van der Waals surface area contributed by atoms with E-state index in [2.05, 4.69) is 11.4 Å². The number of thiocarbonyl (C=S) groups is 1. The summed E-state index contributed by atoms with van der Waals surface area (Å²) in [5.74, 6) is 1.42. The fourth-order valence-electron chi connectivity index (χ4n) is 3.97. The number of carbonyl (C=O) groups is 1. The molecule has 1 amide bonds. The molecule has 1 fully saturated rings. The van der Waals surface area contributed by atoms with Crippen LogP contribution in [-0.4, -0.2) is 23.0 Å². The van der Waals surface area contributed by atoms with Crippen molar-refractivity contribution in [3.8, 4) is 11.5 Å². The van der Waals surface area contributed by atoms with E-state index in [9.17, 15) is 4.79 Å². The van der Waals surface area contributed by atoms with Crippen molar-refractivity contribution in [3.05, 3.63) is 100 Å². The molecule has 1 aliphatic rings.